The van der Waals surface area contributed by atoms with Gasteiger partial charge in [0.05, 0.1) is 5.69 Å². The number of rotatable bonds is 3. The third kappa shape index (κ3) is 2.22. The molecular formula is C15H16N4. The highest BCUT2D eigenvalue weighted by atomic mass is 14.9. The van der Waals surface area contributed by atoms with E-state index in [1.54, 1.807) is 0 Å². The molecule has 96 valence electrons. The molecule has 1 aromatic carbocycles. The molecule has 0 unspecified atom stereocenters. The highest BCUT2D eigenvalue weighted by Crippen LogP contribution is 2.22. The van der Waals surface area contributed by atoms with E-state index in [1.165, 1.54) is 5.56 Å². The summed E-state index contributed by atoms with van der Waals surface area (Å²) in [6.45, 7) is 2.41. The molecule has 0 atom stereocenters. The average molecular weight is 252 g/mol. The summed E-state index contributed by atoms with van der Waals surface area (Å²) in [4.78, 5) is 12.2. The molecule has 0 saturated heterocycles. The molecule has 0 saturated carbocycles. The van der Waals surface area contributed by atoms with Gasteiger partial charge >= 0.3 is 0 Å². The Bertz CT molecular complexity index is 701. The van der Waals surface area contributed by atoms with E-state index >= 15 is 0 Å². The summed E-state index contributed by atoms with van der Waals surface area (Å²) >= 11 is 0. The maximum Gasteiger partial charge on any atom is 0.141 e. The predicted molar refractivity (Wildman–Crippen MR) is 75.8 cm³/mol. The van der Waals surface area contributed by atoms with E-state index in [0.717, 1.165) is 34.5 Å². The van der Waals surface area contributed by atoms with Gasteiger partial charge in [0.1, 0.15) is 11.5 Å². The van der Waals surface area contributed by atoms with Crippen LogP contribution in [0.3, 0.4) is 0 Å². The topological polar surface area (TPSA) is 67.6 Å². The summed E-state index contributed by atoms with van der Waals surface area (Å²) in [5.41, 5.74) is 10.0. The highest BCUT2D eigenvalue weighted by molar-refractivity contribution is 5.82. The zero-order valence-corrected chi connectivity index (χ0v) is 10.9. The lowest BCUT2D eigenvalue weighted by Gasteiger charge is -2.06. The lowest BCUT2D eigenvalue weighted by atomic mass is 10.1. The number of H-pyrrole nitrogens is 1. The van der Waals surface area contributed by atoms with E-state index in [2.05, 4.69) is 27.1 Å². The Labute approximate surface area is 111 Å². The summed E-state index contributed by atoms with van der Waals surface area (Å²) in [5, 5.41) is 1.07. The maximum absolute atomic E-state index is 5.79. The quantitative estimate of drug-likeness (QED) is 0.751. The van der Waals surface area contributed by atoms with Gasteiger partial charge in [0.15, 0.2) is 0 Å². The smallest absolute Gasteiger partial charge is 0.141 e. The first-order valence-corrected chi connectivity index (χ1v) is 6.35. The lowest BCUT2D eigenvalue weighted by Crippen LogP contribution is -2.01. The van der Waals surface area contributed by atoms with Crippen LogP contribution in [-0.2, 0) is 13.0 Å². The SMILES string of the molecule is Cc1nc(Cc2ccccc2)c2c(CN)c[nH]c2n1. The standard InChI is InChI=1S/C15H16N4/c1-10-18-13(7-11-5-3-2-4-6-11)14-12(8-16)9-17-15(14)19-10/h2-6,9H,7-8,16H2,1H3,(H,17,18,19). The van der Waals surface area contributed by atoms with Crippen molar-refractivity contribution in [1.29, 1.82) is 0 Å². The summed E-state index contributed by atoms with van der Waals surface area (Å²) < 4.78 is 0. The van der Waals surface area contributed by atoms with Crippen LogP contribution in [0, 0.1) is 6.92 Å². The van der Waals surface area contributed by atoms with Crippen LogP contribution in [0.15, 0.2) is 36.5 Å². The molecule has 0 fully saturated rings. The van der Waals surface area contributed by atoms with Gasteiger partial charge in [0.2, 0.25) is 0 Å². The van der Waals surface area contributed by atoms with Gasteiger partial charge in [-0.05, 0) is 18.1 Å². The van der Waals surface area contributed by atoms with Gasteiger partial charge in [-0.2, -0.15) is 0 Å². The van der Waals surface area contributed by atoms with Gasteiger partial charge in [0.25, 0.3) is 0 Å². The Balaban J connectivity index is 2.13. The number of benzene rings is 1. The normalized spacial score (nSPS) is 11.1. The Morgan fingerprint density at radius 3 is 2.68 bits per heavy atom. The fourth-order valence-electron chi connectivity index (χ4n) is 2.38. The molecule has 2 aromatic heterocycles. The summed E-state index contributed by atoms with van der Waals surface area (Å²) in [6.07, 6.45) is 2.72. The summed E-state index contributed by atoms with van der Waals surface area (Å²) in [7, 11) is 0. The van der Waals surface area contributed by atoms with Crippen LogP contribution >= 0.6 is 0 Å². The molecule has 0 amide bonds. The number of nitrogens with one attached hydrogen (secondary N) is 1. The van der Waals surface area contributed by atoms with Gasteiger partial charge in [-0.15, -0.1) is 0 Å². The molecule has 19 heavy (non-hydrogen) atoms. The monoisotopic (exact) mass is 252 g/mol. The van der Waals surface area contributed by atoms with Crippen LogP contribution in [0.1, 0.15) is 22.6 Å². The predicted octanol–water partition coefficient (Wildman–Crippen LogP) is 2.32. The van der Waals surface area contributed by atoms with Gasteiger partial charge in [-0.25, -0.2) is 9.97 Å². The van der Waals surface area contributed by atoms with E-state index in [9.17, 15) is 0 Å². The minimum atomic E-state index is 0.494. The molecule has 0 aliphatic heterocycles. The van der Waals surface area contributed by atoms with Crippen molar-refractivity contribution < 1.29 is 0 Å². The minimum absolute atomic E-state index is 0.494. The van der Waals surface area contributed by atoms with Crippen molar-refractivity contribution >= 4 is 11.0 Å². The Morgan fingerprint density at radius 1 is 1.16 bits per heavy atom. The van der Waals surface area contributed by atoms with E-state index in [4.69, 9.17) is 5.73 Å². The fourth-order valence-corrected chi connectivity index (χ4v) is 2.38. The number of nitrogens with two attached hydrogens (primary N) is 1. The number of nitrogens with zero attached hydrogens (tertiary/aromatic N) is 2. The van der Waals surface area contributed by atoms with E-state index < -0.39 is 0 Å². The third-order valence-corrected chi connectivity index (χ3v) is 3.23. The van der Waals surface area contributed by atoms with E-state index in [0.29, 0.717) is 6.54 Å². The lowest BCUT2D eigenvalue weighted by molar-refractivity contribution is 0.993. The largest absolute Gasteiger partial charge is 0.346 e. The first-order chi connectivity index (χ1) is 9.28. The second-order valence-corrected chi connectivity index (χ2v) is 4.62. The first-order valence-electron chi connectivity index (χ1n) is 6.35. The summed E-state index contributed by atoms with van der Waals surface area (Å²) in [5.74, 6) is 0.781. The molecule has 0 bridgehead atoms. The molecule has 0 spiro atoms. The molecule has 4 nitrogen and oxygen atoms in total. The van der Waals surface area contributed by atoms with Gasteiger partial charge in [-0.3, -0.25) is 0 Å². The first kappa shape index (κ1) is 11.9. The number of aromatic nitrogens is 3. The van der Waals surface area contributed by atoms with Crippen molar-refractivity contribution in [3.8, 4) is 0 Å². The average Bonchev–Trinajstić information content (AvgIpc) is 2.82. The Hall–Kier alpha value is -2.20. The number of aromatic amines is 1. The molecule has 3 N–H and O–H groups in total. The van der Waals surface area contributed by atoms with Crippen molar-refractivity contribution in [2.75, 3.05) is 0 Å². The van der Waals surface area contributed by atoms with Crippen LogP contribution in [0.4, 0.5) is 0 Å². The molecule has 0 aliphatic carbocycles. The molecule has 2 heterocycles. The third-order valence-electron chi connectivity index (χ3n) is 3.23. The number of fused-ring (bicyclic) bond motifs is 1. The molecule has 0 radical (unpaired) electrons. The summed E-state index contributed by atoms with van der Waals surface area (Å²) in [6, 6.07) is 10.3. The number of hydrogen-bond acceptors (Lipinski definition) is 3. The number of aryl methyl sites for hydroxylation is 1. The molecular weight excluding hydrogens is 236 g/mol. The van der Waals surface area contributed by atoms with Crippen molar-refractivity contribution in [3.63, 3.8) is 0 Å². The molecule has 0 aliphatic rings. The van der Waals surface area contributed by atoms with Crippen LogP contribution in [0.2, 0.25) is 0 Å². The Kier molecular flexibility index (Phi) is 3.01. The minimum Gasteiger partial charge on any atom is -0.346 e. The molecule has 3 aromatic rings. The Morgan fingerprint density at radius 2 is 1.95 bits per heavy atom. The van der Waals surface area contributed by atoms with Crippen molar-refractivity contribution in [3.05, 3.63) is 59.2 Å². The zero-order valence-electron chi connectivity index (χ0n) is 10.9. The fraction of sp³-hybridized carbons (Fsp3) is 0.200. The number of hydrogen-bond donors (Lipinski definition) is 2. The van der Waals surface area contributed by atoms with Crippen LogP contribution in [-0.4, -0.2) is 15.0 Å². The molecule has 4 heteroatoms. The second-order valence-electron chi connectivity index (χ2n) is 4.62. The van der Waals surface area contributed by atoms with Crippen molar-refractivity contribution in [2.24, 2.45) is 5.73 Å². The van der Waals surface area contributed by atoms with E-state index in [1.807, 2.05) is 31.3 Å². The molecule has 3 rings (SSSR count). The van der Waals surface area contributed by atoms with Gasteiger partial charge < -0.3 is 10.7 Å². The van der Waals surface area contributed by atoms with Crippen molar-refractivity contribution in [1.82, 2.24) is 15.0 Å². The van der Waals surface area contributed by atoms with Gasteiger partial charge in [-0.1, -0.05) is 30.3 Å². The highest BCUT2D eigenvalue weighted by Gasteiger charge is 2.11. The van der Waals surface area contributed by atoms with Crippen molar-refractivity contribution in [2.45, 2.75) is 19.9 Å². The van der Waals surface area contributed by atoms with Crippen LogP contribution in [0.5, 0.6) is 0 Å². The zero-order chi connectivity index (χ0) is 13.2. The second kappa shape index (κ2) is 4.82. The van der Waals surface area contributed by atoms with Crippen LogP contribution < -0.4 is 5.73 Å². The van der Waals surface area contributed by atoms with Crippen LogP contribution in [0.25, 0.3) is 11.0 Å². The maximum atomic E-state index is 5.79. The van der Waals surface area contributed by atoms with Gasteiger partial charge in [0, 0.05) is 24.5 Å². The van der Waals surface area contributed by atoms with E-state index in [-0.39, 0.29) is 0 Å².